The van der Waals surface area contributed by atoms with Crippen LogP contribution in [0, 0.1) is 19.7 Å². The molecule has 0 atom stereocenters. The second-order valence-corrected chi connectivity index (χ2v) is 5.58. The number of hydrogen-bond donors (Lipinski definition) is 1. The molecule has 0 fully saturated rings. The number of anilines is 1. The first-order valence-electron chi connectivity index (χ1n) is 5.81. The molecule has 0 aliphatic carbocycles. The molecule has 0 aliphatic rings. The molecule has 20 heavy (non-hydrogen) atoms. The van der Waals surface area contributed by atoms with Crippen molar-refractivity contribution in [3.8, 4) is 0 Å². The Hall–Kier alpha value is -1.63. The largest absolute Gasteiger partial charge is 0.416 e. The fourth-order valence-electron chi connectivity index (χ4n) is 1.62. The van der Waals surface area contributed by atoms with Crippen molar-refractivity contribution in [1.29, 1.82) is 0 Å². The highest BCUT2D eigenvalue weighted by atomic mass is 32.1. The standard InChI is InChI=1S/C13H12F4N2S/c1-7-8(2)20-12(19-7)6-18-11-5-9(13(15,16)17)3-4-10(11)14/h3-5,18H,6H2,1-2H3. The molecule has 0 unspecified atom stereocenters. The molecule has 0 saturated heterocycles. The fourth-order valence-corrected chi connectivity index (χ4v) is 2.50. The molecule has 1 N–H and O–H groups in total. The lowest BCUT2D eigenvalue weighted by atomic mass is 10.2. The van der Waals surface area contributed by atoms with Crippen molar-refractivity contribution in [2.24, 2.45) is 0 Å². The molecular formula is C13H12F4N2S. The molecule has 1 heterocycles. The van der Waals surface area contributed by atoms with Crippen LogP contribution in [0.2, 0.25) is 0 Å². The Bertz CT molecular complexity index is 600. The van der Waals surface area contributed by atoms with Gasteiger partial charge in [0.15, 0.2) is 0 Å². The van der Waals surface area contributed by atoms with E-state index in [-0.39, 0.29) is 12.2 Å². The summed E-state index contributed by atoms with van der Waals surface area (Å²) < 4.78 is 51.2. The summed E-state index contributed by atoms with van der Waals surface area (Å²) >= 11 is 1.43. The Labute approximate surface area is 117 Å². The zero-order valence-electron chi connectivity index (χ0n) is 10.8. The molecule has 1 aromatic carbocycles. The molecule has 0 aliphatic heterocycles. The van der Waals surface area contributed by atoms with E-state index in [9.17, 15) is 17.6 Å². The number of nitrogens with one attached hydrogen (secondary N) is 1. The predicted octanol–water partition coefficient (Wildman–Crippen LogP) is 4.53. The minimum absolute atomic E-state index is 0.176. The number of benzene rings is 1. The van der Waals surface area contributed by atoms with Crippen LogP contribution in [0.5, 0.6) is 0 Å². The Kier molecular flexibility index (Phi) is 3.99. The van der Waals surface area contributed by atoms with Gasteiger partial charge in [-0.15, -0.1) is 11.3 Å². The second-order valence-electron chi connectivity index (χ2n) is 4.30. The van der Waals surface area contributed by atoms with Crippen molar-refractivity contribution < 1.29 is 17.6 Å². The highest BCUT2D eigenvalue weighted by Gasteiger charge is 2.31. The van der Waals surface area contributed by atoms with Crippen LogP contribution in [0.4, 0.5) is 23.2 Å². The van der Waals surface area contributed by atoms with Crippen molar-refractivity contribution in [1.82, 2.24) is 4.98 Å². The van der Waals surface area contributed by atoms with Gasteiger partial charge in [-0.2, -0.15) is 13.2 Å². The Balaban J connectivity index is 2.16. The van der Waals surface area contributed by atoms with Gasteiger partial charge >= 0.3 is 6.18 Å². The summed E-state index contributed by atoms with van der Waals surface area (Å²) in [5, 5.41) is 3.36. The summed E-state index contributed by atoms with van der Waals surface area (Å²) in [5.41, 5.74) is -0.186. The molecule has 2 aromatic rings. The van der Waals surface area contributed by atoms with Crippen LogP contribution in [0.15, 0.2) is 18.2 Å². The molecule has 0 amide bonds. The number of aromatic nitrogens is 1. The molecule has 108 valence electrons. The number of alkyl halides is 3. The molecule has 0 radical (unpaired) electrons. The van der Waals surface area contributed by atoms with E-state index in [2.05, 4.69) is 10.3 Å². The average Bonchev–Trinajstić information content (AvgIpc) is 2.66. The van der Waals surface area contributed by atoms with Gasteiger partial charge in [-0.3, -0.25) is 0 Å². The number of halogens is 4. The smallest absolute Gasteiger partial charge is 0.376 e. The first-order chi connectivity index (χ1) is 9.27. The van der Waals surface area contributed by atoms with Gasteiger partial charge in [0.05, 0.1) is 23.5 Å². The molecule has 0 saturated carbocycles. The van der Waals surface area contributed by atoms with Gasteiger partial charge in [0, 0.05) is 4.88 Å². The number of thiazole rings is 1. The van der Waals surface area contributed by atoms with Gasteiger partial charge in [0.2, 0.25) is 0 Å². The van der Waals surface area contributed by atoms with Crippen molar-refractivity contribution in [2.45, 2.75) is 26.6 Å². The minimum atomic E-state index is -4.49. The van der Waals surface area contributed by atoms with E-state index in [0.29, 0.717) is 5.01 Å². The van der Waals surface area contributed by atoms with Crippen molar-refractivity contribution in [3.05, 3.63) is 45.2 Å². The molecule has 1 aromatic heterocycles. The molecular weight excluding hydrogens is 292 g/mol. The Morgan fingerprint density at radius 3 is 2.50 bits per heavy atom. The lowest BCUT2D eigenvalue weighted by Crippen LogP contribution is -2.08. The third kappa shape index (κ3) is 3.27. The van der Waals surface area contributed by atoms with Gasteiger partial charge < -0.3 is 5.32 Å². The molecule has 0 bridgehead atoms. The summed E-state index contributed by atoms with van der Waals surface area (Å²) in [7, 11) is 0. The summed E-state index contributed by atoms with van der Waals surface area (Å²) in [6.45, 7) is 3.94. The average molecular weight is 304 g/mol. The van der Waals surface area contributed by atoms with Crippen LogP contribution < -0.4 is 5.32 Å². The second kappa shape index (κ2) is 5.40. The van der Waals surface area contributed by atoms with E-state index < -0.39 is 17.6 Å². The summed E-state index contributed by atoms with van der Waals surface area (Å²) in [4.78, 5) is 5.27. The molecule has 7 heteroatoms. The third-order valence-corrected chi connectivity index (χ3v) is 3.87. The van der Waals surface area contributed by atoms with Crippen LogP contribution in [-0.4, -0.2) is 4.98 Å². The maximum absolute atomic E-state index is 13.5. The summed E-state index contributed by atoms with van der Waals surface area (Å²) in [5.74, 6) is -0.719. The van der Waals surface area contributed by atoms with Gasteiger partial charge in [0.1, 0.15) is 10.8 Å². The first-order valence-corrected chi connectivity index (χ1v) is 6.62. The van der Waals surface area contributed by atoms with E-state index in [4.69, 9.17) is 0 Å². The van der Waals surface area contributed by atoms with E-state index >= 15 is 0 Å². The Morgan fingerprint density at radius 1 is 1.25 bits per heavy atom. The molecule has 0 spiro atoms. The van der Waals surface area contributed by atoms with Gasteiger partial charge in [-0.05, 0) is 32.0 Å². The molecule has 2 rings (SSSR count). The number of nitrogens with zero attached hydrogens (tertiary/aromatic N) is 1. The quantitative estimate of drug-likeness (QED) is 0.843. The van der Waals surface area contributed by atoms with E-state index in [0.717, 1.165) is 28.8 Å². The van der Waals surface area contributed by atoms with E-state index in [1.54, 1.807) is 0 Å². The number of rotatable bonds is 3. The van der Waals surface area contributed by atoms with Crippen LogP contribution in [0.1, 0.15) is 21.1 Å². The number of hydrogen-bond acceptors (Lipinski definition) is 3. The predicted molar refractivity (Wildman–Crippen MR) is 70.3 cm³/mol. The van der Waals surface area contributed by atoms with Crippen LogP contribution in [-0.2, 0) is 12.7 Å². The fraction of sp³-hybridized carbons (Fsp3) is 0.308. The highest BCUT2D eigenvalue weighted by Crippen LogP contribution is 2.32. The normalized spacial score (nSPS) is 11.7. The third-order valence-electron chi connectivity index (χ3n) is 2.80. The lowest BCUT2D eigenvalue weighted by molar-refractivity contribution is -0.137. The highest BCUT2D eigenvalue weighted by molar-refractivity contribution is 7.11. The summed E-state index contributed by atoms with van der Waals surface area (Å²) in [6.07, 6.45) is -4.49. The zero-order valence-corrected chi connectivity index (χ0v) is 11.6. The van der Waals surface area contributed by atoms with Crippen molar-refractivity contribution >= 4 is 17.0 Å². The van der Waals surface area contributed by atoms with E-state index in [1.165, 1.54) is 11.3 Å². The van der Waals surface area contributed by atoms with Gasteiger partial charge in [-0.1, -0.05) is 0 Å². The topological polar surface area (TPSA) is 24.9 Å². The van der Waals surface area contributed by atoms with Gasteiger partial charge in [0.25, 0.3) is 0 Å². The first kappa shape index (κ1) is 14.8. The lowest BCUT2D eigenvalue weighted by Gasteiger charge is -2.10. The van der Waals surface area contributed by atoms with Crippen molar-refractivity contribution in [2.75, 3.05) is 5.32 Å². The van der Waals surface area contributed by atoms with Crippen LogP contribution in [0.3, 0.4) is 0 Å². The van der Waals surface area contributed by atoms with Crippen LogP contribution >= 0.6 is 11.3 Å². The van der Waals surface area contributed by atoms with Gasteiger partial charge in [-0.25, -0.2) is 9.37 Å². The zero-order chi connectivity index (χ0) is 14.9. The van der Waals surface area contributed by atoms with Crippen LogP contribution in [0.25, 0.3) is 0 Å². The minimum Gasteiger partial charge on any atom is -0.376 e. The SMILES string of the molecule is Cc1nc(CNc2cc(C(F)(F)F)ccc2F)sc1C. The van der Waals surface area contributed by atoms with E-state index in [1.807, 2.05) is 13.8 Å². The van der Waals surface area contributed by atoms with Crippen molar-refractivity contribution in [3.63, 3.8) is 0 Å². The maximum atomic E-state index is 13.5. The molecule has 2 nitrogen and oxygen atoms in total. The summed E-state index contributed by atoms with van der Waals surface area (Å²) in [6, 6.07) is 2.30. The maximum Gasteiger partial charge on any atom is 0.416 e. The number of aryl methyl sites for hydroxylation is 2. The Morgan fingerprint density at radius 2 is 1.95 bits per heavy atom. The monoisotopic (exact) mass is 304 g/mol.